The van der Waals surface area contributed by atoms with Gasteiger partial charge in [-0.15, -0.1) is 6.58 Å². The molecule has 3 amide bonds. The SMILES string of the molecule is C=CCN1C(=O)c2ccccc2NC12CCN(C(=O)N(C)C)CC2. The van der Waals surface area contributed by atoms with Crippen molar-refractivity contribution in [3.63, 3.8) is 0 Å². The summed E-state index contributed by atoms with van der Waals surface area (Å²) in [5.41, 5.74) is 1.11. The quantitative estimate of drug-likeness (QED) is 0.847. The largest absolute Gasteiger partial charge is 0.362 e. The summed E-state index contributed by atoms with van der Waals surface area (Å²) >= 11 is 0. The van der Waals surface area contributed by atoms with Crippen LogP contribution in [0.25, 0.3) is 0 Å². The average Bonchev–Trinajstić information content (AvgIpc) is 2.59. The number of amides is 3. The first-order valence-corrected chi connectivity index (χ1v) is 8.25. The van der Waals surface area contributed by atoms with Gasteiger partial charge in [-0.2, -0.15) is 0 Å². The number of hydrogen-bond donors (Lipinski definition) is 1. The summed E-state index contributed by atoms with van der Waals surface area (Å²) in [4.78, 5) is 30.4. The average molecular weight is 328 g/mol. The Labute approximate surface area is 142 Å². The molecule has 1 fully saturated rings. The van der Waals surface area contributed by atoms with Crippen molar-refractivity contribution in [1.29, 1.82) is 0 Å². The van der Waals surface area contributed by atoms with E-state index in [0.717, 1.165) is 5.69 Å². The molecule has 2 aliphatic rings. The number of urea groups is 1. The van der Waals surface area contributed by atoms with Gasteiger partial charge in [-0.25, -0.2) is 4.79 Å². The molecule has 1 saturated heterocycles. The standard InChI is InChI=1S/C18H24N4O2/c1-4-11-22-16(23)14-7-5-6-8-15(14)19-18(22)9-12-21(13-10-18)17(24)20(2)3/h4-8,19H,1,9-13H2,2-3H3. The number of nitrogens with zero attached hydrogens (tertiary/aromatic N) is 3. The molecule has 2 aliphatic heterocycles. The van der Waals surface area contributed by atoms with Crippen LogP contribution >= 0.6 is 0 Å². The molecule has 2 heterocycles. The Hall–Kier alpha value is -2.50. The van der Waals surface area contributed by atoms with Crippen LogP contribution < -0.4 is 5.32 Å². The number of rotatable bonds is 2. The van der Waals surface area contributed by atoms with Crippen molar-refractivity contribution < 1.29 is 9.59 Å². The fraction of sp³-hybridized carbons (Fsp3) is 0.444. The molecule has 1 aromatic rings. The van der Waals surface area contributed by atoms with Crippen LogP contribution in [0.5, 0.6) is 0 Å². The molecule has 1 spiro atoms. The van der Waals surface area contributed by atoms with Crippen molar-refractivity contribution in [3.8, 4) is 0 Å². The first-order valence-electron chi connectivity index (χ1n) is 8.25. The number of fused-ring (bicyclic) bond motifs is 1. The number of hydrogen-bond acceptors (Lipinski definition) is 3. The molecule has 0 radical (unpaired) electrons. The van der Waals surface area contributed by atoms with Gasteiger partial charge in [0.15, 0.2) is 0 Å². The highest BCUT2D eigenvalue weighted by atomic mass is 16.2. The summed E-state index contributed by atoms with van der Waals surface area (Å²) in [7, 11) is 3.52. The van der Waals surface area contributed by atoms with Crippen LogP contribution in [0, 0.1) is 0 Å². The number of nitrogens with one attached hydrogen (secondary N) is 1. The van der Waals surface area contributed by atoms with Gasteiger partial charge >= 0.3 is 6.03 Å². The zero-order valence-corrected chi connectivity index (χ0v) is 14.3. The molecule has 128 valence electrons. The first-order chi connectivity index (χ1) is 11.5. The van der Waals surface area contributed by atoms with Gasteiger partial charge < -0.3 is 20.0 Å². The predicted octanol–water partition coefficient (Wildman–Crippen LogP) is 2.21. The predicted molar refractivity (Wildman–Crippen MR) is 93.9 cm³/mol. The molecule has 0 unspecified atom stereocenters. The van der Waals surface area contributed by atoms with E-state index in [4.69, 9.17) is 0 Å². The monoisotopic (exact) mass is 328 g/mol. The van der Waals surface area contributed by atoms with Gasteiger partial charge in [0.05, 0.1) is 5.56 Å². The molecule has 0 atom stereocenters. The molecular weight excluding hydrogens is 304 g/mol. The molecular formula is C18H24N4O2. The minimum Gasteiger partial charge on any atom is -0.362 e. The Bertz CT molecular complexity index is 663. The summed E-state index contributed by atoms with van der Waals surface area (Å²) in [6.45, 7) is 5.52. The van der Waals surface area contributed by atoms with E-state index < -0.39 is 5.66 Å². The number of likely N-dealkylation sites (tertiary alicyclic amines) is 1. The molecule has 0 bridgehead atoms. The summed E-state index contributed by atoms with van der Waals surface area (Å²) in [5.74, 6) is 0.0247. The van der Waals surface area contributed by atoms with Crippen LogP contribution in [0.4, 0.5) is 10.5 Å². The second-order valence-electron chi connectivity index (χ2n) is 6.57. The number of para-hydroxylation sites is 1. The van der Waals surface area contributed by atoms with Crippen LogP contribution in [0.1, 0.15) is 23.2 Å². The van der Waals surface area contributed by atoms with E-state index in [9.17, 15) is 9.59 Å². The zero-order chi connectivity index (χ0) is 17.3. The lowest BCUT2D eigenvalue weighted by molar-refractivity contribution is 0.0350. The van der Waals surface area contributed by atoms with Crippen molar-refractivity contribution in [2.45, 2.75) is 18.5 Å². The normalized spacial score (nSPS) is 18.8. The van der Waals surface area contributed by atoms with Crippen molar-refractivity contribution in [2.75, 3.05) is 39.0 Å². The Morgan fingerprint density at radius 1 is 1.33 bits per heavy atom. The number of anilines is 1. The van der Waals surface area contributed by atoms with Crippen LogP contribution in [0.2, 0.25) is 0 Å². The summed E-state index contributed by atoms with van der Waals surface area (Å²) < 4.78 is 0. The van der Waals surface area contributed by atoms with E-state index >= 15 is 0 Å². The Kier molecular flexibility index (Phi) is 4.22. The van der Waals surface area contributed by atoms with Gasteiger partial charge in [0.25, 0.3) is 5.91 Å². The van der Waals surface area contributed by atoms with Crippen molar-refractivity contribution in [3.05, 3.63) is 42.5 Å². The van der Waals surface area contributed by atoms with Gasteiger partial charge in [-0.1, -0.05) is 18.2 Å². The second kappa shape index (κ2) is 6.19. The molecule has 24 heavy (non-hydrogen) atoms. The third kappa shape index (κ3) is 2.62. The minimum absolute atomic E-state index is 0.0163. The Morgan fingerprint density at radius 3 is 2.62 bits per heavy atom. The van der Waals surface area contributed by atoms with E-state index in [1.807, 2.05) is 34.1 Å². The molecule has 3 rings (SSSR count). The molecule has 1 N–H and O–H groups in total. The van der Waals surface area contributed by atoms with E-state index in [-0.39, 0.29) is 11.9 Å². The van der Waals surface area contributed by atoms with Crippen molar-refractivity contribution in [1.82, 2.24) is 14.7 Å². The Balaban J connectivity index is 1.88. The topological polar surface area (TPSA) is 55.9 Å². The highest BCUT2D eigenvalue weighted by Crippen LogP contribution is 2.37. The summed E-state index contributed by atoms with van der Waals surface area (Å²) in [6.07, 6.45) is 3.15. The lowest BCUT2D eigenvalue weighted by Gasteiger charge is -2.52. The number of benzene rings is 1. The zero-order valence-electron chi connectivity index (χ0n) is 14.3. The van der Waals surface area contributed by atoms with Crippen LogP contribution in [0.3, 0.4) is 0 Å². The first kappa shape index (κ1) is 16.4. The molecule has 0 aliphatic carbocycles. The van der Waals surface area contributed by atoms with Crippen molar-refractivity contribution >= 4 is 17.6 Å². The fourth-order valence-corrected chi connectivity index (χ4v) is 3.57. The molecule has 6 heteroatoms. The number of carbonyl (C=O) groups excluding carboxylic acids is 2. The summed E-state index contributed by atoms with van der Waals surface area (Å²) in [6, 6.07) is 7.61. The molecule has 1 aromatic carbocycles. The maximum atomic E-state index is 13.0. The van der Waals surface area contributed by atoms with Gasteiger partial charge in [0.2, 0.25) is 0 Å². The van der Waals surface area contributed by atoms with Gasteiger partial charge in [-0.05, 0) is 12.1 Å². The van der Waals surface area contributed by atoms with Crippen LogP contribution in [-0.2, 0) is 0 Å². The third-order valence-corrected chi connectivity index (χ3v) is 4.84. The summed E-state index contributed by atoms with van der Waals surface area (Å²) in [5, 5.41) is 3.57. The molecule has 6 nitrogen and oxygen atoms in total. The number of carbonyl (C=O) groups is 2. The van der Waals surface area contributed by atoms with E-state index in [2.05, 4.69) is 11.9 Å². The highest BCUT2D eigenvalue weighted by Gasteiger charge is 2.46. The van der Waals surface area contributed by atoms with E-state index in [1.54, 1.807) is 25.1 Å². The second-order valence-corrected chi connectivity index (χ2v) is 6.57. The van der Waals surface area contributed by atoms with Crippen LogP contribution in [-0.4, -0.2) is 66.0 Å². The fourth-order valence-electron chi connectivity index (χ4n) is 3.57. The van der Waals surface area contributed by atoms with Gasteiger partial charge in [-0.3, -0.25) is 4.79 Å². The van der Waals surface area contributed by atoms with Gasteiger partial charge in [0.1, 0.15) is 5.66 Å². The van der Waals surface area contributed by atoms with Crippen LogP contribution in [0.15, 0.2) is 36.9 Å². The number of piperidine rings is 1. The van der Waals surface area contributed by atoms with E-state index in [1.165, 1.54) is 0 Å². The Morgan fingerprint density at radius 2 is 2.00 bits per heavy atom. The van der Waals surface area contributed by atoms with Gasteiger partial charge in [0, 0.05) is 52.3 Å². The molecule has 0 saturated carbocycles. The lowest BCUT2D eigenvalue weighted by atomic mass is 9.90. The third-order valence-electron chi connectivity index (χ3n) is 4.84. The maximum Gasteiger partial charge on any atom is 0.319 e. The molecule has 0 aromatic heterocycles. The smallest absolute Gasteiger partial charge is 0.319 e. The van der Waals surface area contributed by atoms with E-state index in [0.29, 0.717) is 38.0 Å². The lowest BCUT2D eigenvalue weighted by Crippen LogP contribution is -2.64. The van der Waals surface area contributed by atoms with Crippen molar-refractivity contribution in [2.24, 2.45) is 0 Å². The minimum atomic E-state index is -0.456. The highest BCUT2D eigenvalue weighted by molar-refractivity contribution is 6.02. The maximum absolute atomic E-state index is 13.0.